The summed E-state index contributed by atoms with van der Waals surface area (Å²) in [5.41, 5.74) is 4.63. The molecular formula is C27H35N7O2. The van der Waals surface area contributed by atoms with Crippen molar-refractivity contribution in [1.29, 1.82) is 0 Å². The third kappa shape index (κ3) is 5.02. The molecule has 0 bridgehead atoms. The number of ether oxygens (including phenoxy) is 1. The molecule has 2 saturated carbocycles. The summed E-state index contributed by atoms with van der Waals surface area (Å²) in [4.78, 5) is 22.0. The highest BCUT2D eigenvalue weighted by molar-refractivity contribution is 5.95. The Morgan fingerprint density at radius 2 is 1.89 bits per heavy atom. The summed E-state index contributed by atoms with van der Waals surface area (Å²) in [6, 6.07) is 6.53. The molecule has 3 fully saturated rings. The van der Waals surface area contributed by atoms with Crippen molar-refractivity contribution in [3.05, 3.63) is 30.0 Å². The molecule has 0 atom stereocenters. The summed E-state index contributed by atoms with van der Waals surface area (Å²) >= 11 is 0. The maximum Gasteiger partial charge on any atom is 0.229 e. The second-order valence-electron chi connectivity index (χ2n) is 10.5. The van der Waals surface area contributed by atoms with Gasteiger partial charge in [0.2, 0.25) is 17.8 Å². The van der Waals surface area contributed by atoms with Gasteiger partial charge in [0.15, 0.2) is 5.65 Å². The van der Waals surface area contributed by atoms with Crippen LogP contribution >= 0.6 is 0 Å². The fourth-order valence-electron chi connectivity index (χ4n) is 5.25. The smallest absolute Gasteiger partial charge is 0.229 e. The highest BCUT2D eigenvalue weighted by Crippen LogP contribution is 2.33. The van der Waals surface area contributed by atoms with E-state index in [1.54, 1.807) is 0 Å². The number of benzene rings is 1. The first-order valence-corrected chi connectivity index (χ1v) is 13.4. The van der Waals surface area contributed by atoms with Crippen LogP contribution in [-0.2, 0) is 9.53 Å². The molecular weight excluding hydrogens is 454 g/mol. The Balaban J connectivity index is 1.30. The molecule has 1 amide bonds. The van der Waals surface area contributed by atoms with Gasteiger partial charge in [-0.2, -0.15) is 19.6 Å². The van der Waals surface area contributed by atoms with Gasteiger partial charge in [-0.25, -0.2) is 0 Å². The molecule has 9 nitrogen and oxygen atoms in total. The second-order valence-corrected chi connectivity index (χ2v) is 10.5. The van der Waals surface area contributed by atoms with Crippen LogP contribution in [-0.4, -0.2) is 51.3 Å². The summed E-state index contributed by atoms with van der Waals surface area (Å²) in [7, 11) is 0. The first-order valence-electron chi connectivity index (χ1n) is 13.4. The number of nitrogens with zero attached hydrogens (tertiary/aromatic N) is 4. The third-order valence-corrected chi connectivity index (χ3v) is 7.69. The molecule has 3 aromatic rings. The van der Waals surface area contributed by atoms with E-state index in [0.29, 0.717) is 23.9 Å². The molecule has 1 aliphatic heterocycles. The minimum Gasteiger partial charge on any atom is -0.381 e. The molecule has 3 heterocycles. The lowest BCUT2D eigenvalue weighted by atomic mass is 10.0. The van der Waals surface area contributed by atoms with E-state index in [-0.39, 0.29) is 11.8 Å². The fraction of sp³-hybridized carbons (Fsp3) is 0.556. The van der Waals surface area contributed by atoms with Gasteiger partial charge in [0.25, 0.3) is 0 Å². The van der Waals surface area contributed by atoms with Crippen LogP contribution in [0.3, 0.4) is 0 Å². The van der Waals surface area contributed by atoms with Crippen molar-refractivity contribution in [2.75, 3.05) is 35.7 Å². The molecule has 2 aromatic heterocycles. The Morgan fingerprint density at radius 3 is 2.64 bits per heavy atom. The van der Waals surface area contributed by atoms with Gasteiger partial charge < -0.3 is 20.7 Å². The van der Waals surface area contributed by atoms with E-state index in [0.717, 1.165) is 86.3 Å². The zero-order valence-electron chi connectivity index (χ0n) is 20.9. The number of aromatic nitrogens is 4. The topological polar surface area (TPSA) is 105 Å². The van der Waals surface area contributed by atoms with Crippen molar-refractivity contribution in [3.63, 3.8) is 0 Å². The van der Waals surface area contributed by atoms with Crippen molar-refractivity contribution in [3.8, 4) is 11.1 Å². The van der Waals surface area contributed by atoms with Crippen LogP contribution in [0.25, 0.3) is 16.8 Å². The Morgan fingerprint density at radius 1 is 1.08 bits per heavy atom. The van der Waals surface area contributed by atoms with Gasteiger partial charge in [0.05, 0.1) is 6.20 Å². The molecule has 3 N–H and O–H groups in total. The zero-order chi connectivity index (χ0) is 24.5. The first-order chi connectivity index (χ1) is 17.6. The minimum absolute atomic E-state index is 0.123. The summed E-state index contributed by atoms with van der Waals surface area (Å²) in [5, 5.41) is 14.9. The zero-order valence-corrected chi connectivity index (χ0v) is 20.9. The summed E-state index contributed by atoms with van der Waals surface area (Å²) in [6.45, 7) is 4.51. The van der Waals surface area contributed by atoms with Gasteiger partial charge in [0.1, 0.15) is 0 Å². The van der Waals surface area contributed by atoms with Crippen molar-refractivity contribution >= 4 is 29.1 Å². The number of hydrogen-bond donors (Lipinski definition) is 3. The number of amides is 1. The SMILES string of the molecule is Cc1cc(-c2cnn3c(NCC4CCOCC4)nc(NC4CCCC4)nc23)ccc1NC(=O)C1CC1. The van der Waals surface area contributed by atoms with Crippen molar-refractivity contribution in [1.82, 2.24) is 19.6 Å². The molecule has 2 aliphatic carbocycles. The summed E-state index contributed by atoms with van der Waals surface area (Å²) < 4.78 is 7.33. The monoisotopic (exact) mass is 489 g/mol. The molecule has 0 unspecified atom stereocenters. The summed E-state index contributed by atoms with van der Waals surface area (Å²) in [6.07, 6.45) is 10.8. The maximum absolute atomic E-state index is 12.2. The van der Waals surface area contributed by atoms with E-state index in [9.17, 15) is 4.79 Å². The van der Waals surface area contributed by atoms with Crippen LogP contribution in [0.1, 0.15) is 56.9 Å². The number of aryl methyl sites for hydroxylation is 1. The first kappa shape index (κ1) is 23.2. The van der Waals surface area contributed by atoms with Gasteiger partial charge in [-0.3, -0.25) is 4.79 Å². The lowest BCUT2D eigenvalue weighted by Crippen LogP contribution is -2.24. The predicted octanol–water partition coefficient (Wildman–Crippen LogP) is 4.64. The molecule has 0 spiro atoms. The third-order valence-electron chi connectivity index (χ3n) is 7.69. The van der Waals surface area contributed by atoms with E-state index >= 15 is 0 Å². The van der Waals surface area contributed by atoms with E-state index in [1.807, 2.05) is 29.8 Å². The van der Waals surface area contributed by atoms with Crippen LogP contribution in [0.15, 0.2) is 24.4 Å². The van der Waals surface area contributed by atoms with Gasteiger partial charge in [-0.15, -0.1) is 0 Å². The predicted molar refractivity (Wildman–Crippen MR) is 140 cm³/mol. The Bertz CT molecular complexity index is 1240. The van der Waals surface area contributed by atoms with E-state index in [2.05, 4.69) is 27.1 Å². The molecule has 0 radical (unpaired) electrons. The number of carbonyl (C=O) groups is 1. The normalized spacial score (nSPS) is 19.0. The Hall–Kier alpha value is -3.20. The number of fused-ring (bicyclic) bond motifs is 1. The number of hydrogen-bond acceptors (Lipinski definition) is 7. The highest BCUT2D eigenvalue weighted by Gasteiger charge is 2.30. The van der Waals surface area contributed by atoms with Gasteiger partial charge in [-0.1, -0.05) is 18.9 Å². The summed E-state index contributed by atoms with van der Waals surface area (Å²) in [5.74, 6) is 2.22. The lowest BCUT2D eigenvalue weighted by molar-refractivity contribution is -0.117. The fourth-order valence-corrected chi connectivity index (χ4v) is 5.25. The molecule has 190 valence electrons. The molecule has 1 aromatic carbocycles. The molecule has 3 aliphatic rings. The highest BCUT2D eigenvalue weighted by atomic mass is 16.5. The molecule has 1 saturated heterocycles. The Labute approximate surface area is 211 Å². The van der Waals surface area contributed by atoms with Crippen LogP contribution in [0.4, 0.5) is 17.6 Å². The number of nitrogens with one attached hydrogen (secondary N) is 3. The lowest BCUT2D eigenvalue weighted by Gasteiger charge is -2.22. The van der Waals surface area contributed by atoms with Gasteiger partial charge in [-0.05, 0) is 74.6 Å². The number of anilines is 3. The van der Waals surface area contributed by atoms with Crippen molar-refractivity contribution < 1.29 is 9.53 Å². The van der Waals surface area contributed by atoms with Gasteiger partial charge in [0, 0.05) is 43.0 Å². The number of rotatable bonds is 8. The van der Waals surface area contributed by atoms with Crippen LogP contribution in [0.2, 0.25) is 0 Å². The van der Waals surface area contributed by atoms with E-state index in [4.69, 9.17) is 14.7 Å². The van der Waals surface area contributed by atoms with Crippen LogP contribution in [0.5, 0.6) is 0 Å². The Kier molecular flexibility index (Phi) is 6.48. The minimum atomic E-state index is 0.123. The van der Waals surface area contributed by atoms with E-state index < -0.39 is 0 Å². The van der Waals surface area contributed by atoms with Crippen molar-refractivity contribution in [2.45, 2.75) is 64.3 Å². The number of carbonyl (C=O) groups excluding carboxylic acids is 1. The largest absolute Gasteiger partial charge is 0.381 e. The van der Waals surface area contributed by atoms with Crippen LogP contribution in [0, 0.1) is 18.8 Å². The quantitative estimate of drug-likeness (QED) is 0.423. The average Bonchev–Trinajstić information content (AvgIpc) is 3.47. The van der Waals surface area contributed by atoms with Gasteiger partial charge >= 0.3 is 0 Å². The second kappa shape index (κ2) is 10.0. The molecule has 6 rings (SSSR count). The van der Waals surface area contributed by atoms with Crippen LogP contribution < -0.4 is 16.0 Å². The van der Waals surface area contributed by atoms with Crippen molar-refractivity contribution in [2.24, 2.45) is 11.8 Å². The molecule has 36 heavy (non-hydrogen) atoms. The maximum atomic E-state index is 12.2. The standard InChI is InChI=1S/C27H35N7O2/c1-17-14-20(8-9-23(17)31-25(35)19-6-7-19)22-16-29-34-24(22)32-26(30-21-4-2-3-5-21)33-27(34)28-15-18-10-12-36-13-11-18/h8-9,14,16,18-19,21H,2-7,10-13,15H2,1H3,(H,31,35)(H2,28,30,32,33). The average molecular weight is 490 g/mol. The molecule has 9 heteroatoms. The van der Waals surface area contributed by atoms with E-state index in [1.165, 1.54) is 12.8 Å².